The minimum atomic E-state index is -0.247. The van der Waals surface area contributed by atoms with Gasteiger partial charge in [-0.25, -0.2) is 0 Å². The summed E-state index contributed by atoms with van der Waals surface area (Å²) in [5.41, 5.74) is 1.66. The lowest BCUT2D eigenvalue weighted by atomic mass is 9.85. The van der Waals surface area contributed by atoms with Gasteiger partial charge in [0, 0.05) is 24.7 Å². The molecule has 0 N–H and O–H groups in total. The number of nitrogens with zero attached hydrogens (tertiary/aromatic N) is 3. The second-order valence-electron chi connectivity index (χ2n) is 8.19. The Morgan fingerprint density at radius 2 is 1.59 bits per heavy atom. The van der Waals surface area contributed by atoms with Crippen molar-refractivity contribution in [3.05, 3.63) is 29.8 Å². The van der Waals surface area contributed by atoms with Gasteiger partial charge in [-0.15, -0.1) is 0 Å². The predicted molar refractivity (Wildman–Crippen MR) is 108 cm³/mol. The molecule has 152 valence electrons. The number of imide groups is 1. The van der Waals surface area contributed by atoms with Crippen LogP contribution >= 0.6 is 0 Å². The second kappa shape index (κ2) is 6.90. The Balaban J connectivity index is 1.43. The highest BCUT2D eigenvalue weighted by Crippen LogP contribution is 2.52. The summed E-state index contributed by atoms with van der Waals surface area (Å²) < 4.78 is 11.2. The van der Waals surface area contributed by atoms with Crippen LogP contribution in [0.1, 0.15) is 24.8 Å². The van der Waals surface area contributed by atoms with Gasteiger partial charge in [0.25, 0.3) is 11.8 Å². The first-order valence-electron chi connectivity index (χ1n) is 10.2. The lowest BCUT2D eigenvalue weighted by Gasteiger charge is -2.22. The van der Waals surface area contributed by atoms with E-state index in [-0.39, 0.29) is 35.5 Å². The summed E-state index contributed by atoms with van der Waals surface area (Å²) >= 11 is 0. The monoisotopic (exact) mass is 395 g/mol. The number of allylic oxidation sites excluding steroid dienone is 2. The van der Waals surface area contributed by atoms with Crippen molar-refractivity contribution in [1.82, 2.24) is 5.01 Å². The molecule has 2 amide bonds. The van der Waals surface area contributed by atoms with Gasteiger partial charge in [0.15, 0.2) is 0 Å². The normalized spacial score (nSPS) is 30.1. The fourth-order valence-corrected chi connectivity index (χ4v) is 5.33. The van der Waals surface area contributed by atoms with Crippen LogP contribution in [0.15, 0.2) is 29.4 Å². The molecular weight excluding hydrogens is 370 g/mol. The van der Waals surface area contributed by atoms with Gasteiger partial charge in [-0.1, -0.05) is 12.2 Å². The largest absolute Gasteiger partial charge is 0.496 e. The van der Waals surface area contributed by atoms with Crippen LogP contribution in [0.25, 0.3) is 0 Å². The molecule has 4 atom stereocenters. The zero-order chi connectivity index (χ0) is 20.1. The van der Waals surface area contributed by atoms with Crippen LogP contribution in [-0.4, -0.2) is 50.3 Å². The Morgan fingerprint density at radius 1 is 0.966 bits per heavy atom. The van der Waals surface area contributed by atoms with E-state index in [1.807, 2.05) is 12.1 Å². The van der Waals surface area contributed by atoms with Gasteiger partial charge in [-0.3, -0.25) is 9.59 Å². The molecule has 0 radical (unpaired) electrons. The molecule has 7 nitrogen and oxygen atoms in total. The number of rotatable bonds is 5. The Bertz CT molecular complexity index is 889. The lowest BCUT2D eigenvalue weighted by Crippen LogP contribution is -2.28. The number of hydrogen-bond donors (Lipinski definition) is 0. The Hall–Kier alpha value is -2.83. The van der Waals surface area contributed by atoms with Gasteiger partial charge in [0.05, 0.1) is 38.0 Å². The van der Waals surface area contributed by atoms with Crippen molar-refractivity contribution in [2.24, 2.45) is 28.8 Å². The Kier molecular flexibility index (Phi) is 4.33. The van der Waals surface area contributed by atoms with Crippen LogP contribution in [0.2, 0.25) is 0 Å². The average Bonchev–Trinajstić information content (AvgIpc) is 3.52. The topological polar surface area (TPSA) is 71.4 Å². The fraction of sp³-hybridized carbons (Fsp3) is 0.500. The summed E-state index contributed by atoms with van der Waals surface area (Å²) in [4.78, 5) is 27.9. The third kappa shape index (κ3) is 2.74. The summed E-state index contributed by atoms with van der Waals surface area (Å²) in [5.74, 6) is 0.851. The van der Waals surface area contributed by atoms with E-state index in [9.17, 15) is 9.59 Å². The highest BCUT2D eigenvalue weighted by Gasteiger charge is 2.59. The second-order valence-corrected chi connectivity index (χ2v) is 8.19. The number of hydrogen-bond acceptors (Lipinski definition) is 6. The minimum Gasteiger partial charge on any atom is -0.496 e. The molecule has 4 aliphatic rings. The van der Waals surface area contributed by atoms with Gasteiger partial charge in [-0.2, -0.15) is 10.1 Å². The average molecular weight is 395 g/mol. The highest BCUT2D eigenvalue weighted by atomic mass is 16.5. The molecule has 1 aromatic rings. The van der Waals surface area contributed by atoms with E-state index in [2.05, 4.69) is 22.2 Å². The molecule has 2 bridgehead atoms. The molecule has 0 unspecified atom stereocenters. The van der Waals surface area contributed by atoms with E-state index in [1.165, 1.54) is 6.21 Å². The molecular formula is C22H25N3O4. The van der Waals surface area contributed by atoms with Crippen molar-refractivity contribution in [1.29, 1.82) is 0 Å². The zero-order valence-corrected chi connectivity index (χ0v) is 16.7. The lowest BCUT2D eigenvalue weighted by molar-refractivity contribution is -0.140. The van der Waals surface area contributed by atoms with Crippen molar-refractivity contribution in [3.63, 3.8) is 0 Å². The number of carbonyl (C=O) groups is 2. The van der Waals surface area contributed by atoms with Crippen LogP contribution in [0.3, 0.4) is 0 Å². The number of ether oxygens (including phenoxy) is 2. The number of hydrazone groups is 1. The summed E-state index contributed by atoms with van der Waals surface area (Å²) in [6, 6.07) is 3.80. The van der Waals surface area contributed by atoms with Crippen molar-refractivity contribution < 1.29 is 19.1 Å². The van der Waals surface area contributed by atoms with Crippen molar-refractivity contribution in [3.8, 4) is 11.5 Å². The number of fused-ring (bicyclic) bond motifs is 5. The van der Waals surface area contributed by atoms with Crippen molar-refractivity contribution in [2.75, 3.05) is 32.2 Å². The molecule has 7 heteroatoms. The maximum atomic E-state index is 12.8. The zero-order valence-electron chi connectivity index (χ0n) is 16.7. The minimum absolute atomic E-state index is 0.177. The molecule has 1 aromatic carbocycles. The molecule has 1 saturated carbocycles. The standard InChI is InChI=1S/C22H25N3O4/c1-28-17-11-16(24-7-3-4-8-24)18(29-2)10-15(17)12-23-25-21(26)19-13-5-6-14(9-13)20(19)22(25)27/h5-6,10-14,19-20H,3-4,7-9H2,1-2H3/t13-,14-,19-,20+/m0/s1. The van der Waals surface area contributed by atoms with E-state index < -0.39 is 0 Å². The molecule has 0 spiro atoms. The highest BCUT2D eigenvalue weighted by molar-refractivity contribution is 6.07. The molecule has 3 fully saturated rings. The Morgan fingerprint density at radius 3 is 2.17 bits per heavy atom. The molecule has 2 saturated heterocycles. The van der Waals surface area contributed by atoms with Crippen LogP contribution in [0.4, 0.5) is 5.69 Å². The van der Waals surface area contributed by atoms with Crippen LogP contribution in [0.5, 0.6) is 11.5 Å². The SMILES string of the molecule is COc1cc(N2CCCC2)c(OC)cc1C=NN1C(=O)[C@@H]2[C@H](C1=O)[C@H]1C=C[C@H]2C1. The van der Waals surface area contributed by atoms with Crippen molar-refractivity contribution >= 4 is 23.7 Å². The molecule has 2 aliphatic carbocycles. The molecule has 2 heterocycles. The van der Waals surface area contributed by atoms with Crippen LogP contribution in [0, 0.1) is 23.7 Å². The van der Waals surface area contributed by atoms with Gasteiger partial charge in [0.1, 0.15) is 11.5 Å². The molecule has 5 rings (SSSR count). The number of carbonyl (C=O) groups excluding carboxylic acids is 2. The predicted octanol–water partition coefficient (Wildman–Crippen LogP) is 2.45. The van der Waals surface area contributed by atoms with Crippen LogP contribution < -0.4 is 14.4 Å². The van der Waals surface area contributed by atoms with Crippen molar-refractivity contribution in [2.45, 2.75) is 19.3 Å². The quantitative estimate of drug-likeness (QED) is 0.435. The van der Waals surface area contributed by atoms with E-state index in [4.69, 9.17) is 9.47 Å². The summed E-state index contributed by atoms with van der Waals surface area (Å²) in [5, 5.41) is 5.34. The number of benzene rings is 1. The molecule has 0 aromatic heterocycles. The Labute approximate surface area is 169 Å². The smallest absolute Gasteiger partial charge is 0.254 e. The van der Waals surface area contributed by atoms with Gasteiger partial charge < -0.3 is 14.4 Å². The van der Waals surface area contributed by atoms with Crippen LogP contribution in [-0.2, 0) is 9.59 Å². The van der Waals surface area contributed by atoms with E-state index in [1.54, 1.807) is 14.2 Å². The fourth-order valence-electron chi connectivity index (χ4n) is 5.33. The van der Waals surface area contributed by atoms with E-state index in [0.29, 0.717) is 11.3 Å². The molecule has 29 heavy (non-hydrogen) atoms. The first-order chi connectivity index (χ1) is 14.1. The number of amides is 2. The van der Waals surface area contributed by atoms with Gasteiger partial charge in [-0.05, 0) is 37.2 Å². The number of methoxy groups -OCH3 is 2. The maximum Gasteiger partial charge on any atom is 0.254 e. The van der Waals surface area contributed by atoms with Gasteiger partial charge >= 0.3 is 0 Å². The third-order valence-electron chi connectivity index (χ3n) is 6.74. The maximum absolute atomic E-state index is 12.8. The summed E-state index contributed by atoms with van der Waals surface area (Å²) in [6.07, 6.45) is 8.92. The number of anilines is 1. The first kappa shape index (κ1) is 18.2. The van der Waals surface area contributed by atoms with Gasteiger partial charge in [0.2, 0.25) is 0 Å². The third-order valence-corrected chi connectivity index (χ3v) is 6.74. The summed E-state index contributed by atoms with van der Waals surface area (Å²) in [7, 11) is 3.24. The van der Waals surface area contributed by atoms with E-state index >= 15 is 0 Å². The summed E-state index contributed by atoms with van der Waals surface area (Å²) in [6.45, 7) is 1.98. The van der Waals surface area contributed by atoms with E-state index in [0.717, 1.165) is 48.8 Å². The molecule has 2 aliphatic heterocycles. The first-order valence-corrected chi connectivity index (χ1v) is 10.2.